The Kier molecular flexibility index (Phi) is 16.5. The summed E-state index contributed by atoms with van der Waals surface area (Å²) in [4.78, 5) is 21.9. The van der Waals surface area contributed by atoms with E-state index in [-0.39, 0.29) is 24.2 Å². The van der Waals surface area contributed by atoms with Gasteiger partial charge in [0, 0.05) is 0 Å². The van der Waals surface area contributed by atoms with E-state index < -0.39 is 7.87 Å². The molecule has 0 saturated heterocycles. The molecule has 0 aromatic heterocycles. The van der Waals surface area contributed by atoms with E-state index in [0.717, 1.165) is 19.3 Å². The molecular weight excluding hydrogens is 367 g/mol. The van der Waals surface area contributed by atoms with Gasteiger partial charge in [0.25, 0.3) is 0 Å². The molecule has 0 aliphatic heterocycles. The van der Waals surface area contributed by atoms with Crippen molar-refractivity contribution >= 4 is 7.87 Å². The zero-order valence-electron chi connectivity index (χ0n) is 19.4. The van der Waals surface area contributed by atoms with Gasteiger partial charge in [0.15, 0.2) is 0 Å². The topological polar surface area (TPSA) is 67.5 Å². The van der Waals surface area contributed by atoms with Crippen molar-refractivity contribution in [1.29, 1.82) is 5.26 Å². The van der Waals surface area contributed by atoms with Gasteiger partial charge < -0.3 is 0 Å². The van der Waals surface area contributed by atoms with Crippen LogP contribution >= 0.6 is 7.87 Å². The predicted octanol–water partition coefficient (Wildman–Crippen LogP) is 6.96. The van der Waals surface area contributed by atoms with Crippen LogP contribution < -0.4 is 0 Å². The number of hydrogen-bond donors (Lipinski definition) is 2. The van der Waals surface area contributed by atoms with Gasteiger partial charge in [-0.15, -0.1) is 0 Å². The van der Waals surface area contributed by atoms with Crippen LogP contribution in [0.25, 0.3) is 0 Å². The Hall–Kier alpha value is -0.200. The van der Waals surface area contributed by atoms with E-state index in [1.165, 1.54) is 64.2 Å². The van der Waals surface area contributed by atoms with Crippen molar-refractivity contribution in [2.24, 2.45) is 0 Å². The molecule has 0 spiro atoms. The van der Waals surface area contributed by atoms with Crippen molar-refractivity contribution in [3.63, 3.8) is 0 Å². The number of hydrogen-bond acceptors (Lipinski definition) is 4. The van der Waals surface area contributed by atoms with Crippen LogP contribution in [0.3, 0.4) is 0 Å². The third-order valence-electron chi connectivity index (χ3n) is 5.78. The van der Waals surface area contributed by atoms with Crippen LogP contribution in [-0.2, 0) is 0 Å². The van der Waals surface area contributed by atoms with Crippen LogP contribution in [0.1, 0.15) is 125 Å². The second kappa shape index (κ2) is 16.6. The summed E-state index contributed by atoms with van der Waals surface area (Å²) >= 11 is 0. The Morgan fingerprint density at radius 1 is 0.750 bits per heavy atom. The minimum atomic E-state index is -3.60. The van der Waals surface area contributed by atoms with Crippen molar-refractivity contribution in [1.82, 2.24) is 4.67 Å². The minimum absolute atomic E-state index is 0.0739. The first-order valence-electron chi connectivity index (χ1n) is 11.9. The van der Waals surface area contributed by atoms with Gasteiger partial charge in [0.05, 0.1) is 0 Å². The van der Waals surface area contributed by atoms with Crippen LogP contribution in [0.5, 0.6) is 0 Å². The molecule has 0 rings (SSSR count). The molecule has 168 valence electrons. The summed E-state index contributed by atoms with van der Waals surface area (Å²) in [6.07, 6.45) is 16.5. The first-order chi connectivity index (χ1) is 13.3. The molecule has 0 heterocycles. The van der Waals surface area contributed by atoms with Gasteiger partial charge in [-0.05, 0) is 0 Å². The molecule has 0 fully saturated rings. The summed E-state index contributed by atoms with van der Waals surface area (Å²) < 4.78 is 1.86. The molecule has 28 heavy (non-hydrogen) atoms. The third-order valence-corrected chi connectivity index (χ3v) is 9.17. The molecule has 1 unspecified atom stereocenters. The van der Waals surface area contributed by atoms with Crippen LogP contribution in [0.2, 0.25) is 0 Å². The third kappa shape index (κ3) is 11.7. The quantitative estimate of drug-likeness (QED) is 0.187. The van der Waals surface area contributed by atoms with Crippen molar-refractivity contribution in [3.8, 4) is 6.07 Å². The summed E-state index contributed by atoms with van der Waals surface area (Å²) in [6.45, 7) is 10.3. The second-order valence-electron chi connectivity index (χ2n) is 9.02. The summed E-state index contributed by atoms with van der Waals surface area (Å²) in [7, 11) is -3.60. The summed E-state index contributed by atoms with van der Waals surface area (Å²) in [5, 5.41) is 9.18. The maximum atomic E-state index is 11.0. The zero-order valence-corrected chi connectivity index (χ0v) is 20.4. The van der Waals surface area contributed by atoms with E-state index in [0.29, 0.717) is 0 Å². The normalized spacial score (nSPS) is 14.0. The monoisotopic (exact) mass is 416 g/mol. The number of nitriles is 1. The fourth-order valence-electron chi connectivity index (χ4n) is 4.34. The van der Waals surface area contributed by atoms with Gasteiger partial charge in [-0.25, -0.2) is 0 Å². The summed E-state index contributed by atoms with van der Waals surface area (Å²) in [6, 6.07) is 2.34. The molecule has 0 aromatic carbocycles. The Balaban J connectivity index is 4.09. The Labute approximate surface area is 176 Å². The molecule has 0 bridgehead atoms. The molecular formula is C23H49N2O2P. The van der Waals surface area contributed by atoms with E-state index in [9.17, 15) is 15.0 Å². The molecule has 0 aliphatic carbocycles. The van der Waals surface area contributed by atoms with Crippen LogP contribution in [0, 0.1) is 11.3 Å². The van der Waals surface area contributed by atoms with E-state index in [4.69, 9.17) is 0 Å². The molecule has 4 nitrogen and oxygen atoms in total. The van der Waals surface area contributed by atoms with E-state index in [2.05, 4.69) is 13.0 Å². The molecule has 0 aliphatic rings. The van der Waals surface area contributed by atoms with Crippen LogP contribution in [0.4, 0.5) is 0 Å². The van der Waals surface area contributed by atoms with Gasteiger partial charge in [-0.1, -0.05) is 19.8 Å². The van der Waals surface area contributed by atoms with Crippen LogP contribution in [0.15, 0.2) is 0 Å². The van der Waals surface area contributed by atoms with Crippen molar-refractivity contribution in [3.05, 3.63) is 0 Å². The number of unbranched alkanes of at least 4 members (excludes halogenated alkanes) is 11. The Morgan fingerprint density at radius 2 is 1.14 bits per heavy atom. The van der Waals surface area contributed by atoms with E-state index in [1.54, 1.807) is 0 Å². The van der Waals surface area contributed by atoms with Crippen molar-refractivity contribution in [2.75, 3.05) is 0 Å². The molecule has 5 heteroatoms. The fourth-order valence-corrected chi connectivity index (χ4v) is 7.24. The van der Waals surface area contributed by atoms with Gasteiger partial charge in [0.2, 0.25) is 0 Å². The predicted molar refractivity (Wildman–Crippen MR) is 125 cm³/mol. The maximum absolute atomic E-state index is 11.0. The van der Waals surface area contributed by atoms with Gasteiger partial charge in [-0.2, -0.15) is 0 Å². The van der Waals surface area contributed by atoms with Crippen LogP contribution in [-0.4, -0.2) is 32.2 Å². The van der Waals surface area contributed by atoms with Crippen molar-refractivity contribution < 1.29 is 9.79 Å². The average Bonchev–Trinajstić information content (AvgIpc) is 2.60. The SMILES string of the molecule is CCCCCCCCCCCCCCC(CC#N)[PH](O)(O)N(C(C)C)C(C)C. The second-order valence-corrected chi connectivity index (χ2v) is 11.7. The molecule has 1 atom stereocenters. The van der Waals surface area contributed by atoms with E-state index >= 15 is 0 Å². The molecule has 0 radical (unpaired) electrons. The summed E-state index contributed by atoms with van der Waals surface area (Å²) in [5.74, 6) is 0. The zero-order chi connectivity index (χ0) is 21.4. The number of nitrogens with zero attached hydrogens (tertiary/aromatic N) is 2. The average molecular weight is 417 g/mol. The van der Waals surface area contributed by atoms with Gasteiger partial charge >= 0.3 is 156 Å². The molecule has 0 amide bonds. The standard InChI is InChI=1S/C23H49N2O2P/c1-6-7-8-9-10-11-12-13-14-15-16-17-18-23(19-20-24)28(26,27)25(21(2)3)22(4)5/h21-23,26-28H,6-19H2,1-5H3. The Bertz CT molecular complexity index is 400. The van der Waals surface area contributed by atoms with Gasteiger partial charge in [-0.3, -0.25) is 0 Å². The van der Waals surface area contributed by atoms with Gasteiger partial charge in [0.1, 0.15) is 0 Å². The molecule has 2 N–H and O–H groups in total. The molecule has 0 saturated carbocycles. The fraction of sp³-hybridized carbons (Fsp3) is 0.957. The van der Waals surface area contributed by atoms with Crippen molar-refractivity contribution in [2.45, 2.75) is 142 Å². The molecule has 0 aromatic rings. The Morgan fingerprint density at radius 3 is 1.50 bits per heavy atom. The number of rotatable bonds is 18. The first kappa shape index (κ1) is 27.8. The first-order valence-corrected chi connectivity index (χ1v) is 13.8. The summed E-state index contributed by atoms with van der Waals surface area (Å²) in [5.41, 5.74) is -0.287. The van der Waals surface area contributed by atoms with E-state index in [1.807, 2.05) is 32.4 Å².